The van der Waals surface area contributed by atoms with Crippen molar-refractivity contribution in [1.82, 2.24) is 5.32 Å². The van der Waals surface area contributed by atoms with Crippen molar-refractivity contribution in [2.75, 3.05) is 6.54 Å². The summed E-state index contributed by atoms with van der Waals surface area (Å²) in [6.45, 7) is 2.00. The minimum atomic E-state index is 0. The Balaban J connectivity index is 0.000000845. The lowest BCUT2D eigenvalue weighted by atomic mass is 10.0. The van der Waals surface area contributed by atoms with Crippen molar-refractivity contribution in [3.63, 3.8) is 0 Å². The molecule has 0 fully saturated rings. The van der Waals surface area contributed by atoms with E-state index in [4.69, 9.17) is 11.6 Å². The Bertz CT molecular complexity index is 315. The smallest absolute Gasteiger partial charge is 0.0551 e. The molecule has 1 nitrogen and oxygen atoms in total. The van der Waals surface area contributed by atoms with Gasteiger partial charge in [-0.25, -0.2) is 0 Å². The summed E-state index contributed by atoms with van der Waals surface area (Å²) in [7, 11) is 0. The van der Waals surface area contributed by atoms with Crippen LogP contribution in [-0.2, 0) is 13.0 Å². The van der Waals surface area contributed by atoms with Gasteiger partial charge in [-0.15, -0.1) is 12.4 Å². The Kier molecular flexibility index (Phi) is 4.05. The van der Waals surface area contributed by atoms with E-state index in [2.05, 4.69) is 27.3 Å². The Morgan fingerprint density at radius 1 is 1.38 bits per heavy atom. The molecule has 1 aromatic rings. The topological polar surface area (TPSA) is 12.0 Å². The van der Waals surface area contributed by atoms with Crippen molar-refractivity contribution in [2.45, 2.75) is 13.0 Å². The molecular weight excluding hydrogens is 273 g/mol. The second kappa shape index (κ2) is 4.65. The van der Waals surface area contributed by atoms with E-state index in [0.29, 0.717) is 0 Å². The highest BCUT2D eigenvalue weighted by Crippen LogP contribution is 2.30. The van der Waals surface area contributed by atoms with Crippen LogP contribution < -0.4 is 5.32 Å². The van der Waals surface area contributed by atoms with E-state index < -0.39 is 0 Å². The molecular formula is C9H10BrCl2N. The van der Waals surface area contributed by atoms with Crippen LogP contribution in [0.25, 0.3) is 0 Å². The number of hydrogen-bond acceptors (Lipinski definition) is 1. The molecule has 0 saturated carbocycles. The van der Waals surface area contributed by atoms with Crippen molar-refractivity contribution < 1.29 is 0 Å². The Hall–Kier alpha value is 0.240. The van der Waals surface area contributed by atoms with E-state index in [0.717, 1.165) is 29.0 Å². The van der Waals surface area contributed by atoms with Crippen LogP contribution in [0.5, 0.6) is 0 Å². The van der Waals surface area contributed by atoms with Gasteiger partial charge in [0.05, 0.1) is 5.02 Å². The normalized spacial score (nSPS) is 14.6. The average molecular weight is 283 g/mol. The average Bonchev–Trinajstić information content (AvgIpc) is 2.12. The van der Waals surface area contributed by atoms with Gasteiger partial charge in [-0.3, -0.25) is 0 Å². The highest BCUT2D eigenvalue weighted by atomic mass is 79.9. The monoisotopic (exact) mass is 281 g/mol. The van der Waals surface area contributed by atoms with Gasteiger partial charge in [-0.1, -0.05) is 17.7 Å². The molecule has 0 aromatic heterocycles. The van der Waals surface area contributed by atoms with Crippen LogP contribution in [0, 0.1) is 0 Å². The van der Waals surface area contributed by atoms with Crippen molar-refractivity contribution in [1.29, 1.82) is 0 Å². The van der Waals surface area contributed by atoms with Crippen molar-refractivity contribution in [3.8, 4) is 0 Å². The fraction of sp³-hybridized carbons (Fsp3) is 0.333. The fourth-order valence-electron chi connectivity index (χ4n) is 1.49. The van der Waals surface area contributed by atoms with E-state index >= 15 is 0 Å². The van der Waals surface area contributed by atoms with Crippen LogP contribution in [0.3, 0.4) is 0 Å². The lowest BCUT2D eigenvalue weighted by molar-refractivity contribution is 0.641. The quantitative estimate of drug-likeness (QED) is 0.771. The number of halogens is 3. The summed E-state index contributed by atoms with van der Waals surface area (Å²) in [6.07, 6.45) is 1.10. The van der Waals surface area contributed by atoms with Crippen LogP contribution in [0.4, 0.5) is 0 Å². The number of fused-ring (bicyclic) bond motifs is 1. The molecule has 1 aromatic carbocycles. The maximum absolute atomic E-state index is 5.97. The van der Waals surface area contributed by atoms with E-state index in [1.165, 1.54) is 11.1 Å². The standard InChI is InChI=1S/C9H9BrClN.ClH/c10-9-7-5-12-4-3-6(7)1-2-8(9)11;/h1-2,12H,3-5H2;1H. The minimum absolute atomic E-state index is 0. The first kappa shape index (κ1) is 11.3. The zero-order valence-corrected chi connectivity index (χ0v) is 10.1. The van der Waals surface area contributed by atoms with E-state index in [1.54, 1.807) is 0 Å². The Morgan fingerprint density at radius 3 is 2.92 bits per heavy atom. The second-order valence-electron chi connectivity index (χ2n) is 2.93. The number of nitrogens with one attached hydrogen (secondary N) is 1. The van der Waals surface area contributed by atoms with Gasteiger partial charge in [0.1, 0.15) is 0 Å². The van der Waals surface area contributed by atoms with Crippen LogP contribution in [0.1, 0.15) is 11.1 Å². The molecule has 1 aliphatic heterocycles. The minimum Gasteiger partial charge on any atom is -0.312 e. The molecule has 1 aliphatic rings. The molecule has 0 amide bonds. The number of rotatable bonds is 0. The molecule has 0 atom stereocenters. The highest BCUT2D eigenvalue weighted by Gasteiger charge is 2.12. The molecule has 0 saturated heterocycles. The van der Waals surface area contributed by atoms with E-state index in [9.17, 15) is 0 Å². The Morgan fingerprint density at radius 2 is 2.15 bits per heavy atom. The molecule has 0 radical (unpaired) electrons. The van der Waals surface area contributed by atoms with Gasteiger partial charge in [0.2, 0.25) is 0 Å². The highest BCUT2D eigenvalue weighted by molar-refractivity contribution is 9.10. The van der Waals surface area contributed by atoms with Crippen LogP contribution in [0.2, 0.25) is 5.02 Å². The third kappa shape index (κ3) is 2.18. The van der Waals surface area contributed by atoms with Crippen LogP contribution in [0.15, 0.2) is 16.6 Å². The van der Waals surface area contributed by atoms with Gasteiger partial charge in [0, 0.05) is 11.0 Å². The summed E-state index contributed by atoms with van der Waals surface area (Å²) in [5.74, 6) is 0. The largest absolute Gasteiger partial charge is 0.312 e. The molecule has 0 aliphatic carbocycles. The van der Waals surface area contributed by atoms with Crippen molar-refractivity contribution in [2.24, 2.45) is 0 Å². The van der Waals surface area contributed by atoms with Crippen molar-refractivity contribution in [3.05, 3.63) is 32.8 Å². The molecule has 13 heavy (non-hydrogen) atoms. The molecule has 0 bridgehead atoms. The molecule has 1 N–H and O–H groups in total. The fourth-order valence-corrected chi connectivity index (χ4v) is 2.20. The molecule has 0 unspecified atom stereocenters. The summed E-state index contributed by atoms with van der Waals surface area (Å²) in [4.78, 5) is 0. The first-order valence-corrected chi connectivity index (χ1v) is 5.12. The first-order valence-electron chi connectivity index (χ1n) is 3.95. The van der Waals surface area contributed by atoms with Gasteiger partial charge < -0.3 is 5.32 Å². The predicted octanol–water partition coefficient (Wildman–Crippen LogP) is 3.17. The predicted molar refractivity (Wildman–Crippen MR) is 61.8 cm³/mol. The third-order valence-corrected chi connectivity index (χ3v) is 3.62. The summed E-state index contributed by atoms with van der Waals surface area (Å²) in [5, 5.41) is 4.12. The second-order valence-corrected chi connectivity index (χ2v) is 4.13. The maximum Gasteiger partial charge on any atom is 0.0551 e. The third-order valence-electron chi connectivity index (χ3n) is 2.17. The zero-order chi connectivity index (χ0) is 8.55. The number of benzene rings is 1. The van der Waals surface area contributed by atoms with Gasteiger partial charge in [-0.05, 0) is 46.1 Å². The maximum atomic E-state index is 5.97. The van der Waals surface area contributed by atoms with Gasteiger partial charge in [-0.2, -0.15) is 0 Å². The summed E-state index contributed by atoms with van der Waals surface area (Å²) in [5.41, 5.74) is 2.72. The van der Waals surface area contributed by atoms with Crippen LogP contribution >= 0.6 is 39.9 Å². The van der Waals surface area contributed by atoms with Gasteiger partial charge >= 0.3 is 0 Å². The van der Waals surface area contributed by atoms with Crippen LogP contribution in [-0.4, -0.2) is 6.54 Å². The van der Waals surface area contributed by atoms with Crippen molar-refractivity contribution >= 4 is 39.9 Å². The molecule has 4 heteroatoms. The SMILES string of the molecule is Cl.Clc1ccc2c(c1Br)CNCC2. The molecule has 2 rings (SSSR count). The van der Waals surface area contributed by atoms with E-state index in [-0.39, 0.29) is 12.4 Å². The lowest BCUT2D eigenvalue weighted by Crippen LogP contribution is -2.23. The Labute approximate surface area is 97.4 Å². The summed E-state index contributed by atoms with van der Waals surface area (Å²) >= 11 is 9.46. The number of hydrogen-bond donors (Lipinski definition) is 1. The van der Waals surface area contributed by atoms with E-state index in [1.807, 2.05) is 6.07 Å². The molecule has 1 heterocycles. The zero-order valence-electron chi connectivity index (χ0n) is 6.94. The lowest BCUT2D eigenvalue weighted by Gasteiger charge is -2.18. The molecule has 72 valence electrons. The van der Waals surface area contributed by atoms with Gasteiger partial charge in [0.25, 0.3) is 0 Å². The summed E-state index contributed by atoms with van der Waals surface area (Å²) < 4.78 is 1.05. The molecule has 0 spiro atoms. The van der Waals surface area contributed by atoms with Gasteiger partial charge in [0.15, 0.2) is 0 Å². The first-order chi connectivity index (χ1) is 5.79. The summed E-state index contributed by atoms with van der Waals surface area (Å²) in [6, 6.07) is 4.07.